The number of hydrogen-bond donors (Lipinski definition) is 3. The van der Waals surface area contributed by atoms with E-state index >= 15 is 0 Å². The molecule has 1 rings (SSSR count). The van der Waals surface area contributed by atoms with E-state index in [1.807, 2.05) is 6.92 Å². The summed E-state index contributed by atoms with van der Waals surface area (Å²) < 4.78 is 37.8. The summed E-state index contributed by atoms with van der Waals surface area (Å²) in [6, 6.07) is 3.31. The third kappa shape index (κ3) is 4.66. The summed E-state index contributed by atoms with van der Waals surface area (Å²) in [5.74, 6) is -0.914. The van der Waals surface area contributed by atoms with Gasteiger partial charge in [-0.1, -0.05) is 24.6 Å². The highest BCUT2D eigenvalue weighted by Crippen LogP contribution is 2.29. The van der Waals surface area contributed by atoms with E-state index in [1.165, 1.54) is 6.07 Å². The molecule has 4 N–H and O–H groups in total. The predicted molar refractivity (Wildman–Crippen MR) is 71.0 cm³/mol. The molecule has 0 fully saturated rings. The number of amidine groups is 1. The molecule has 1 aromatic carbocycles. The van der Waals surface area contributed by atoms with Gasteiger partial charge in [-0.2, -0.15) is 13.2 Å². The van der Waals surface area contributed by atoms with Gasteiger partial charge < -0.3 is 16.3 Å². The van der Waals surface area contributed by atoms with Gasteiger partial charge in [0.2, 0.25) is 0 Å². The molecule has 0 aliphatic rings. The molecular weight excluding hydrogens is 287 g/mol. The zero-order chi connectivity index (χ0) is 16.0. The number of halogens is 3. The molecule has 0 aliphatic carbocycles. The number of alkyl halides is 3. The van der Waals surface area contributed by atoms with Crippen LogP contribution in [0.5, 0.6) is 0 Å². The lowest BCUT2D eigenvalue weighted by atomic mass is 10.1. The second-order valence-electron chi connectivity index (χ2n) is 4.42. The molecule has 0 saturated carbocycles. The molecule has 116 valence electrons. The Hall–Kier alpha value is -2.25. The maximum Gasteiger partial charge on any atom is 0.416 e. The van der Waals surface area contributed by atoms with Gasteiger partial charge in [-0.3, -0.25) is 4.79 Å². The summed E-state index contributed by atoms with van der Waals surface area (Å²) >= 11 is 0. The van der Waals surface area contributed by atoms with Crippen LogP contribution in [-0.4, -0.2) is 23.0 Å². The van der Waals surface area contributed by atoms with Crippen LogP contribution in [0.2, 0.25) is 0 Å². The van der Waals surface area contributed by atoms with Crippen LogP contribution in [0.25, 0.3) is 0 Å². The fourth-order valence-corrected chi connectivity index (χ4v) is 1.73. The van der Waals surface area contributed by atoms with E-state index in [4.69, 9.17) is 10.9 Å². The molecule has 0 radical (unpaired) electrons. The van der Waals surface area contributed by atoms with Gasteiger partial charge in [0.25, 0.3) is 5.91 Å². The largest absolute Gasteiger partial charge is 0.416 e. The first kappa shape index (κ1) is 16.8. The molecule has 0 spiro atoms. The molecular formula is C13H16F3N3O2. The Morgan fingerprint density at radius 2 is 2.14 bits per heavy atom. The van der Waals surface area contributed by atoms with E-state index in [1.54, 1.807) is 0 Å². The van der Waals surface area contributed by atoms with Gasteiger partial charge in [0.05, 0.1) is 11.6 Å². The molecule has 1 unspecified atom stereocenters. The van der Waals surface area contributed by atoms with Crippen LogP contribution in [0.1, 0.15) is 35.7 Å². The highest BCUT2D eigenvalue weighted by molar-refractivity contribution is 5.98. The third-order valence-electron chi connectivity index (χ3n) is 2.81. The van der Waals surface area contributed by atoms with Gasteiger partial charge in [0, 0.05) is 5.56 Å². The average Bonchev–Trinajstić information content (AvgIpc) is 2.45. The van der Waals surface area contributed by atoms with E-state index in [-0.39, 0.29) is 11.4 Å². The van der Waals surface area contributed by atoms with Crippen molar-refractivity contribution in [3.63, 3.8) is 0 Å². The number of amides is 1. The van der Waals surface area contributed by atoms with E-state index in [9.17, 15) is 18.0 Å². The maximum absolute atomic E-state index is 12.6. The minimum atomic E-state index is -4.52. The summed E-state index contributed by atoms with van der Waals surface area (Å²) in [5.41, 5.74) is 4.38. The van der Waals surface area contributed by atoms with Crippen molar-refractivity contribution in [3.8, 4) is 0 Å². The Morgan fingerprint density at radius 1 is 1.48 bits per heavy atom. The van der Waals surface area contributed by atoms with Crippen molar-refractivity contribution in [1.29, 1.82) is 0 Å². The smallest absolute Gasteiger partial charge is 0.409 e. The molecule has 5 nitrogen and oxygen atoms in total. The number of nitrogens with two attached hydrogens (primary N) is 1. The fourth-order valence-electron chi connectivity index (χ4n) is 1.73. The number of rotatable bonds is 5. The second kappa shape index (κ2) is 6.96. The molecule has 1 aromatic rings. The molecule has 0 heterocycles. The minimum Gasteiger partial charge on any atom is -0.409 e. The number of benzene rings is 1. The molecule has 0 bridgehead atoms. The lowest BCUT2D eigenvalue weighted by molar-refractivity contribution is -0.137. The zero-order valence-corrected chi connectivity index (χ0v) is 11.3. The normalized spacial score (nSPS) is 13.8. The molecule has 1 atom stereocenters. The number of oxime groups is 1. The number of carbonyl (C=O) groups excluding carboxylic acids is 1. The van der Waals surface area contributed by atoms with Gasteiger partial charge in [-0.15, -0.1) is 0 Å². The summed E-state index contributed by atoms with van der Waals surface area (Å²) in [5, 5.41) is 13.9. The molecule has 8 heteroatoms. The fraction of sp³-hybridized carbons (Fsp3) is 0.385. The van der Waals surface area contributed by atoms with Crippen molar-refractivity contribution in [2.45, 2.75) is 32.0 Å². The molecule has 0 saturated heterocycles. The standard InChI is InChI=1S/C13H16F3N3O2/c1-2-4-10(11(17)19-21)18-12(20)8-5-3-6-9(7-8)13(14,15)16/h3,5-7,10,21H,2,4H2,1H3,(H2,17,19)(H,18,20). The Kier molecular flexibility index (Phi) is 5.57. The average molecular weight is 303 g/mol. The van der Waals surface area contributed by atoms with Crippen LogP contribution in [0.4, 0.5) is 13.2 Å². The minimum absolute atomic E-state index is 0.142. The Balaban J connectivity index is 2.93. The lowest BCUT2D eigenvalue weighted by Gasteiger charge is -2.17. The SMILES string of the molecule is CCCC(NC(=O)c1cccc(C(F)(F)F)c1)/C(N)=N/O. The quantitative estimate of drug-likeness (QED) is 0.338. The van der Waals surface area contributed by atoms with Crippen LogP contribution in [0.3, 0.4) is 0 Å². The van der Waals surface area contributed by atoms with E-state index < -0.39 is 23.7 Å². The molecule has 0 aliphatic heterocycles. The van der Waals surface area contributed by atoms with Gasteiger partial charge >= 0.3 is 6.18 Å². The van der Waals surface area contributed by atoms with Crippen LogP contribution in [0.15, 0.2) is 29.4 Å². The monoisotopic (exact) mass is 303 g/mol. The Bertz CT molecular complexity index is 530. The van der Waals surface area contributed by atoms with Gasteiger partial charge in [0.1, 0.15) is 0 Å². The first-order chi connectivity index (χ1) is 9.79. The lowest BCUT2D eigenvalue weighted by Crippen LogP contribution is -2.44. The first-order valence-corrected chi connectivity index (χ1v) is 6.25. The number of hydrogen-bond acceptors (Lipinski definition) is 3. The van der Waals surface area contributed by atoms with E-state index in [0.717, 1.165) is 18.2 Å². The van der Waals surface area contributed by atoms with Crippen LogP contribution in [-0.2, 0) is 6.18 Å². The Morgan fingerprint density at radius 3 is 2.67 bits per heavy atom. The van der Waals surface area contributed by atoms with Gasteiger partial charge in [-0.25, -0.2) is 0 Å². The van der Waals surface area contributed by atoms with Crippen molar-refractivity contribution in [1.82, 2.24) is 5.32 Å². The number of nitrogens with one attached hydrogen (secondary N) is 1. The summed E-state index contributed by atoms with van der Waals surface area (Å²) in [6.07, 6.45) is -3.48. The zero-order valence-electron chi connectivity index (χ0n) is 11.3. The summed E-state index contributed by atoms with van der Waals surface area (Å²) in [4.78, 5) is 12.0. The third-order valence-corrected chi connectivity index (χ3v) is 2.81. The van der Waals surface area contributed by atoms with Gasteiger partial charge in [0.15, 0.2) is 5.84 Å². The highest BCUT2D eigenvalue weighted by atomic mass is 19.4. The van der Waals surface area contributed by atoms with E-state index in [0.29, 0.717) is 12.8 Å². The molecule has 1 amide bonds. The van der Waals surface area contributed by atoms with Crippen molar-refractivity contribution in [3.05, 3.63) is 35.4 Å². The molecule has 21 heavy (non-hydrogen) atoms. The number of carbonyl (C=O) groups is 1. The van der Waals surface area contributed by atoms with Crippen LogP contribution in [0, 0.1) is 0 Å². The van der Waals surface area contributed by atoms with Crippen LogP contribution >= 0.6 is 0 Å². The van der Waals surface area contributed by atoms with Crippen molar-refractivity contribution in [2.75, 3.05) is 0 Å². The summed E-state index contributed by atoms with van der Waals surface area (Å²) in [6.45, 7) is 1.83. The predicted octanol–water partition coefficient (Wildman–Crippen LogP) is 2.35. The topological polar surface area (TPSA) is 87.7 Å². The highest BCUT2D eigenvalue weighted by Gasteiger charge is 2.31. The van der Waals surface area contributed by atoms with Crippen molar-refractivity contribution < 1.29 is 23.2 Å². The van der Waals surface area contributed by atoms with Gasteiger partial charge in [-0.05, 0) is 24.6 Å². The second-order valence-corrected chi connectivity index (χ2v) is 4.42. The van der Waals surface area contributed by atoms with Crippen LogP contribution < -0.4 is 11.1 Å². The first-order valence-electron chi connectivity index (χ1n) is 6.25. The number of nitrogens with zero attached hydrogens (tertiary/aromatic N) is 1. The summed E-state index contributed by atoms with van der Waals surface area (Å²) in [7, 11) is 0. The Labute approximate surface area is 119 Å². The van der Waals surface area contributed by atoms with E-state index in [2.05, 4.69) is 10.5 Å². The van der Waals surface area contributed by atoms with Crippen molar-refractivity contribution in [2.24, 2.45) is 10.9 Å². The van der Waals surface area contributed by atoms with Crippen molar-refractivity contribution >= 4 is 11.7 Å². The molecule has 0 aromatic heterocycles. The maximum atomic E-state index is 12.6.